The molecule has 1 atom stereocenters. The second kappa shape index (κ2) is 11.1. The lowest BCUT2D eigenvalue weighted by atomic mass is 10.1. The van der Waals surface area contributed by atoms with E-state index in [1.807, 2.05) is 62.4 Å². The average molecular weight is 490 g/mol. The molecule has 0 bridgehead atoms. The number of pyridine rings is 1. The largest absolute Gasteiger partial charge is 0.493 e. The van der Waals surface area contributed by atoms with E-state index in [1.54, 1.807) is 36.4 Å². The maximum absolute atomic E-state index is 13.8. The molecular weight excluding hydrogens is 458 g/mol. The zero-order chi connectivity index (χ0) is 25.7. The summed E-state index contributed by atoms with van der Waals surface area (Å²) in [4.78, 5) is 34.5. The lowest BCUT2D eigenvalue weighted by Gasteiger charge is -2.35. The van der Waals surface area contributed by atoms with Gasteiger partial charge in [0.05, 0.1) is 19.9 Å². The normalized spacial score (nSPS) is 14.6. The highest BCUT2D eigenvalue weighted by Crippen LogP contribution is 2.36. The van der Waals surface area contributed by atoms with Crippen molar-refractivity contribution in [2.45, 2.75) is 39.5 Å². The minimum Gasteiger partial charge on any atom is -0.493 e. The van der Waals surface area contributed by atoms with Gasteiger partial charge in [0.25, 0.3) is 5.91 Å². The number of ether oxygens (including phenoxy) is 3. The molecule has 0 radical (unpaired) electrons. The van der Waals surface area contributed by atoms with E-state index in [0.29, 0.717) is 35.9 Å². The fourth-order valence-electron chi connectivity index (χ4n) is 4.32. The maximum atomic E-state index is 13.8. The van der Waals surface area contributed by atoms with Crippen LogP contribution in [0.1, 0.15) is 30.0 Å². The van der Waals surface area contributed by atoms with Crippen LogP contribution in [0.4, 0.5) is 5.69 Å². The lowest BCUT2D eigenvalue weighted by molar-refractivity contribution is -0.134. The van der Waals surface area contributed by atoms with Crippen LogP contribution >= 0.6 is 0 Å². The van der Waals surface area contributed by atoms with Crippen molar-refractivity contribution in [3.05, 3.63) is 77.6 Å². The van der Waals surface area contributed by atoms with E-state index in [2.05, 4.69) is 4.98 Å². The molecule has 0 aliphatic carbocycles. The van der Waals surface area contributed by atoms with Crippen molar-refractivity contribution in [2.75, 3.05) is 25.7 Å². The number of hydrogen-bond acceptors (Lipinski definition) is 6. The maximum Gasteiger partial charge on any atom is 0.268 e. The molecule has 1 aliphatic rings. The zero-order valence-corrected chi connectivity index (χ0v) is 21.1. The quantitative estimate of drug-likeness (QED) is 0.449. The number of hydrogen-bond donors (Lipinski definition) is 0. The fraction of sp³-hybridized carbons (Fsp3) is 0.321. The van der Waals surface area contributed by atoms with Crippen LogP contribution in [0.5, 0.6) is 17.2 Å². The Morgan fingerprint density at radius 3 is 2.64 bits per heavy atom. The van der Waals surface area contributed by atoms with E-state index in [4.69, 9.17) is 14.2 Å². The van der Waals surface area contributed by atoms with Gasteiger partial charge in [-0.3, -0.25) is 19.5 Å². The smallest absolute Gasteiger partial charge is 0.268 e. The van der Waals surface area contributed by atoms with Crippen LogP contribution in [-0.2, 0) is 22.7 Å². The predicted octanol–water partition coefficient (Wildman–Crippen LogP) is 4.14. The summed E-state index contributed by atoms with van der Waals surface area (Å²) < 4.78 is 17.0. The number of methoxy groups -OCH3 is 2. The number of para-hydroxylation sites is 1. The summed E-state index contributed by atoms with van der Waals surface area (Å²) in [5, 5.41) is 0. The van der Waals surface area contributed by atoms with E-state index in [-0.39, 0.29) is 24.9 Å². The summed E-state index contributed by atoms with van der Waals surface area (Å²) in [6.07, 6.45) is 3.31. The van der Waals surface area contributed by atoms with Crippen molar-refractivity contribution >= 4 is 17.5 Å². The molecule has 2 amide bonds. The van der Waals surface area contributed by atoms with Gasteiger partial charge in [-0.2, -0.15) is 0 Å². The van der Waals surface area contributed by atoms with Gasteiger partial charge in [0.1, 0.15) is 12.3 Å². The third-order valence-electron chi connectivity index (χ3n) is 6.17. The third-order valence-corrected chi connectivity index (χ3v) is 6.17. The predicted molar refractivity (Wildman–Crippen MR) is 136 cm³/mol. The number of anilines is 1. The minimum atomic E-state index is -0.627. The summed E-state index contributed by atoms with van der Waals surface area (Å²) in [6, 6.07) is 15.0. The fourth-order valence-corrected chi connectivity index (χ4v) is 4.32. The van der Waals surface area contributed by atoms with Crippen LogP contribution in [0.3, 0.4) is 0 Å². The van der Waals surface area contributed by atoms with Crippen LogP contribution in [0.2, 0.25) is 0 Å². The first-order valence-electron chi connectivity index (χ1n) is 11.9. The number of aromatic nitrogens is 1. The van der Waals surface area contributed by atoms with E-state index in [9.17, 15) is 9.59 Å². The summed E-state index contributed by atoms with van der Waals surface area (Å²) in [6.45, 7) is 4.32. The molecule has 8 heteroatoms. The number of rotatable bonds is 9. The van der Waals surface area contributed by atoms with Gasteiger partial charge in [0.2, 0.25) is 5.91 Å². The molecule has 0 N–H and O–H groups in total. The van der Waals surface area contributed by atoms with Crippen molar-refractivity contribution in [3.63, 3.8) is 0 Å². The molecule has 8 nitrogen and oxygen atoms in total. The molecule has 2 heterocycles. The SMILES string of the molecule is CC[C@H]1Oc2ccc(C)cc2N(CC(=O)N(Cc2cccnc2)Cc2cccc(OC)c2OC)C1=O. The number of nitrogens with zero attached hydrogens (tertiary/aromatic N) is 3. The van der Waals surface area contributed by atoms with Crippen LogP contribution in [0, 0.1) is 6.92 Å². The molecule has 4 rings (SSSR count). The second-order valence-electron chi connectivity index (χ2n) is 8.67. The number of benzene rings is 2. The number of carbonyl (C=O) groups excluding carboxylic acids is 2. The molecule has 2 aromatic carbocycles. The highest BCUT2D eigenvalue weighted by molar-refractivity contribution is 6.04. The summed E-state index contributed by atoms with van der Waals surface area (Å²) in [5.74, 6) is 1.33. The summed E-state index contributed by atoms with van der Waals surface area (Å²) in [7, 11) is 3.15. The Kier molecular flexibility index (Phi) is 7.73. The monoisotopic (exact) mass is 489 g/mol. The van der Waals surface area contributed by atoms with Crippen LogP contribution in [-0.4, -0.2) is 48.6 Å². The van der Waals surface area contributed by atoms with E-state index >= 15 is 0 Å². The molecule has 188 valence electrons. The molecular formula is C28H31N3O5. The van der Waals surface area contributed by atoms with Crippen molar-refractivity contribution in [3.8, 4) is 17.2 Å². The molecule has 0 spiro atoms. The summed E-state index contributed by atoms with van der Waals surface area (Å²) >= 11 is 0. The first kappa shape index (κ1) is 25.0. The molecule has 0 saturated carbocycles. The van der Waals surface area contributed by atoms with Gasteiger partial charge in [0.15, 0.2) is 17.6 Å². The highest BCUT2D eigenvalue weighted by atomic mass is 16.5. The van der Waals surface area contributed by atoms with Gasteiger partial charge in [-0.05, 0) is 48.7 Å². The van der Waals surface area contributed by atoms with Gasteiger partial charge in [-0.15, -0.1) is 0 Å². The van der Waals surface area contributed by atoms with Crippen molar-refractivity contribution < 1.29 is 23.8 Å². The molecule has 36 heavy (non-hydrogen) atoms. The zero-order valence-electron chi connectivity index (χ0n) is 21.1. The van der Waals surface area contributed by atoms with Gasteiger partial charge in [-0.1, -0.05) is 31.2 Å². The minimum absolute atomic E-state index is 0.109. The Bertz CT molecular complexity index is 1230. The van der Waals surface area contributed by atoms with Crippen molar-refractivity contribution in [2.24, 2.45) is 0 Å². The standard InChI is InChI=1S/C28H31N3O5/c1-5-23-28(33)31(22-14-19(2)11-12-24(22)36-23)18-26(32)30(16-20-8-7-13-29-15-20)17-21-9-6-10-25(34-3)27(21)35-4/h6-15,23H,5,16-18H2,1-4H3/t23-/m1/s1. The number of amides is 2. The second-order valence-corrected chi connectivity index (χ2v) is 8.67. The van der Waals surface area contributed by atoms with E-state index in [0.717, 1.165) is 16.7 Å². The Balaban J connectivity index is 1.67. The van der Waals surface area contributed by atoms with E-state index < -0.39 is 6.10 Å². The van der Waals surface area contributed by atoms with Gasteiger partial charge in [-0.25, -0.2) is 0 Å². The number of aryl methyl sites for hydroxylation is 1. The topological polar surface area (TPSA) is 81.2 Å². The van der Waals surface area contributed by atoms with Gasteiger partial charge >= 0.3 is 0 Å². The Morgan fingerprint density at radius 2 is 1.94 bits per heavy atom. The van der Waals surface area contributed by atoms with Crippen LogP contribution < -0.4 is 19.1 Å². The van der Waals surface area contributed by atoms with Crippen LogP contribution in [0.25, 0.3) is 0 Å². The highest BCUT2D eigenvalue weighted by Gasteiger charge is 2.35. The third kappa shape index (κ3) is 5.27. The summed E-state index contributed by atoms with van der Waals surface area (Å²) in [5.41, 5.74) is 3.26. The van der Waals surface area contributed by atoms with E-state index in [1.165, 1.54) is 0 Å². The molecule has 0 unspecified atom stereocenters. The van der Waals surface area contributed by atoms with Crippen molar-refractivity contribution in [1.82, 2.24) is 9.88 Å². The van der Waals surface area contributed by atoms with Gasteiger partial charge in [0, 0.05) is 31.0 Å². The molecule has 0 saturated heterocycles. The number of carbonyl (C=O) groups is 2. The average Bonchev–Trinajstić information content (AvgIpc) is 2.90. The lowest BCUT2D eigenvalue weighted by Crippen LogP contribution is -2.50. The van der Waals surface area contributed by atoms with Gasteiger partial charge < -0.3 is 19.1 Å². The first-order chi connectivity index (χ1) is 17.4. The first-order valence-corrected chi connectivity index (χ1v) is 11.9. The number of fused-ring (bicyclic) bond motifs is 1. The Morgan fingerprint density at radius 1 is 1.11 bits per heavy atom. The molecule has 3 aromatic rings. The Labute approximate surface area is 211 Å². The molecule has 1 aliphatic heterocycles. The molecule has 0 fully saturated rings. The van der Waals surface area contributed by atoms with Crippen molar-refractivity contribution in [1.29, 1.82) is 0 Å². The Hall–Kier alpha value is -4.07. The molecule has 1 aromatic heterocycles. The van der Waals surface area contributed by atoms with Crippen LogP contribution in [0.15, 0.2) is 60.9 Å².